The minimum absolute atomic E-state index is 0.0467. The number of aliphatic imine (C=N–C) groups is 1. The zero-order chi connectivity index (χ0) is 25.5. The molecule has 180 valence electrons. The number of hydrogen-bond acceptors (Lipinski definition) is 2. The minimum atomic E-state index is -0.119. The number of hydrogen-bond donors (Lipinski definition) is 0. The number of likely N-dealkylation sites (N-methyl/N-ethyl adjacent to an activating group) is 1. The lowest BCUT2D eigenvalue weighted by atomic mass is 9.78. The Kier molecular flexibility index (Phi) is 5.51. The number of pyridine rings is 1. The fourth-order valence-electron chi connectivity index (χ4n) is 6.41. The van der Waals surface area contributed by atoms with E-state index in [4.69, 9.17) is 4.99 Å². The van der Waals surface area contributed by atoms with Crippen molar-refractivity contribution in [1.29, 1.82) is 0 Å². The lowest BCUT2D eigenvalue weighted by Gasteiger charge is -2.25. The third-order valence-corrected chi connectivity index (χ3v) is 9.14. The highest BCUT2D eigenvalue weighted by Gasteiger charge is 2.44. The number of aromatic nitrogens is 1. The van der Waals surface area contributed by atoms with E-state index in [2.05, 4.69) is 118 Å². The second-order valence-electron chi connectivity index (χ2n) is 11.5. The summed E-state index contributed by atoms with van der Waals surface area (Å²) in [6.07, 6.45) is 6.74. The lowest BCUT2D eigenvalue weighted by molar-refractivity contribution is -0.665. The van der Waals surface area contributed by atoms with E-state index in [0.29, 0.717) is 0 Å². The molecule has 0 unspecified atom stereocenters. The summed E-state index contributed by atoms with van der Waals surface area (Å²) in [5.74, 6) is 1.10. The van der Waals surface area contributed by atoms with Crippen LogP contribution in [-0.2, 0) is 17.9 Å². The Morgan fingerprint density at radius 3 is 1.91 bits per heavy atom. The Labute approximate surface area is 206 Å². The van der Waals surface area contributed by atoms with E-state index in [1.165, 1.54) is 61.6 Å². The average Bonchev–Trinajstić information content (AvgIpc) is 3.14. The number of rotatable bonds is 2. The monoisotopic (exact) mass is 456 g/mol. The summed E-state index contributed by atoms with van der Waals surface area (Å²) in [5, 5.41) is 0. The molecule has 0 saturated heterocycles. The lowest BCUT2D eigenvalue weighted by Crippen LogP contribution is -2.36. The van der Waals surface area contributed by atoms with Gasteiger partial charge in [0.15, 0.2) is 5.71 Å². The fourth-order valence-corrected chi connectivity index (χ4v) is 6.41. The molecular formula is C31H42N3+. The molecule has 0 bridgehead atoms. The van der Waals surface area contributed by atoms with Gasteiger partial charge in [0.1, 0.15) is 5.69 Å². The molecule has 4 rings (SSSR count). The molecule has 0 N–H and O–H groups in total. The van der Waals surface area contributed by atoms with Gasteiger partial charge in [0.25, 0.3) is 0 Å². The Morgan fingerprint density at radius 2 is 1.29 bits per heavy atom. The second kappa shape index (κ2) is 7.66. The first-order chi connectivity index (χ1) is 15.7. The van der Waals surface area contributed by atoms with Gasteiger partial charge in [-0.1, -0.05) is 19.9 Å². The molecule has 0 spiro atoms. The molecule has 2 aliphatic rings. The van der Waals surface area contributed by atoms with Gasteiger partial charge in [-0.15, -0.1) is 0 Å². The van der Waals surface area contributed by atoms with Crippen LogP contribution in [0.1, 0.15) is 77.9 Å². The smallest absolute Gasteiger partial charge is 0.327 e. The van der Waals surface area contributed by atoms with Gasteiger partial charge in [-0.2, -0.15) is 0 Å². The summed E-state index contributed by atoms with van der Waals surface area (Å²) in [5.41, 5.74) is 16.1. The van der Waals surface area contributed by atoms with Crippen molar-refractivity contribution in [2.75, 3.05) is 11.9 Å². The molecule has 0 aliphatic carbocycles. The van der Waals surface area contributed by atoms with Gasteiger partial charge < -0.3 is 4.90 Å². The minimum Gasteiger partial charge on any atom is -0.347 e. The van der Waals surface area contributed by atoms with Crippen molar-refractivity contribution in [2.45, 2.75) is 87.0 Å². The van der Waals surface area contributed by atoms with Crippen LogP contribution < -0.4 is 9.47 Å². The predicted molar refractivity (Wildman–Crippen MR) is 146 cm³/mol. The molecule has 34 heavy (non-hydrogen) atoms. The second-order valence-corrected chi connectivity index (χ2v) is 11.5. The Bertz CT molecular complexity index is 1330. The SMILES string of the molecule is Cc1c(C)c(C)c2c(c1C)N(C)C(=CC=CC1=Nc3c(c(C)c(C)c(C)[n+]3C)C1(C)C)C2(C)C. The van der Waals surface area contributed by atoms with Crippen molar-refractivity contribution in [3.8, 4) is 0 Å². The highest BCUT2D eigenvalue weighted by atomic mass is 15.2. The average molecular weight is 457 g/mol. The van der Waals surface area contributed by atoms with Crippen LogP contribution in [-0.4, -0.2) is 12.8 Å². The highest BCUT2D eigenvalue weighted by Crippen LogP contribution is 2.51. The van der Waals surface area contributed by atoms with Gasteiger partial charge in [-0.25, -0.2) is 4.57 Å². The maximum absolute atomic E-state index is 5.13. The molecule has 2 aliphatic heterocycles. The van der Waals surface area contributed by atoms with Gasteiger partial charge in [0.05, 0.1) is 18.0 Å². The number of fused-ring (bicyclic) bond motifs is 2. The Morgan fingerprint density at radius 1 is 0.735 bits per heavy atom. The molecule has 0 atom stereocenters. The van der Waals surface area contributed by atoms with Crippen LogP contribution in [0.15, 0.2) is 28.9 Å². The summed E-state index contributed by atoms with van der Waals surface area (Å²) < 4.78 is 2.25. The molecule has 0 amide bonds. The van der Waals surface area contributed by atoms with Crippen LogP contribution in [0.4, 0.5) is 11.5 Å². The maximum Gasteiger partial charge on any atom is 0.327 e. The van der Waals surface area contributed by atoms with E-state index in [-0.39, 0.29) is 10.8 Å². The third kappa shape index (κ3) is 3.08. The molecule has 0 radical (unpaired) electrons. The first kappa shape index (κ1) is 24.4. The number of nitrogens with zero attached hydrogens (tertiary/aromatic N) is 3. The largest absolute Gasteiger partial charge is 0.347 e. The topological polar surface area (TPSA) is 19.5 Å². The van der Waals surface area contributed by atoms with Crippen LogP contribution in [0.3, 0.4) is 0 Å². The first-order valence-electron chi connectivity index (χ1n) is 12.5. The first-order valence-corrected chi connectivity index (χ1v) is 12.5. The standard InChI is InChI=1S/C31H42N3/c1-17-18(2)22(6)28-26(20(17)4)31(10,11)25(34(28)13)16-14-15-24-30(8,9)27-21(5)19(3)23(7)33(12)29(27)32-24/h14-16H,1-13H3/q+1. The van der Waals surface area contributed by atoms with E-state index in [1.807, 2.05) is 0 Å². The molecule has 1 aromatic carbocycles. The highest BCUT2D eigenvalue weighted by molar-refractivity contribution is 6.08. The van der Waals surface area contributed by atoms with Crippen molar-refractivity contribution >= 4 is 17.2 Å². The molecule has 3 heterocycles. The molecule has 0 fully saturated rings. The van der Waals surface area contributed by atoms with Crippen molar-refractivity contribution in [3.05, 3.63) is 74.1 Å². The van der Waals surface area contributed by atoms with E-state index >= 15 is 0 Å². The van der Waals surface area contributed by atoms with Crippen molar-refractivity contribution in [2.24, 2.45) is 12.0 Å². The summed E-state index contributed by atoms with van der Waals surface area (Å²) >= 11 is 0. The van der Waals surface area contributed by atoms with E-state index < -0.39 is 0 Å². The van der Waals surface area contributed by atoms with Crippen LogP contribution in [0.25, 0.3) is 0 Å². The molecule has 0 saturated carbocycles. The molecule has 3 nitrogen and oxygen atoms in total. The zero-order valence-corrected chi connectivity index (χ0v) is 23.6. The molecular weight excluding hydrogens is 414 g/mol. The quantitative estimate of drug-likeness (QED) is 0.450. The van der Waals surface area contributed by atoms with Crippen LogP contribution >= 0.6 is 0 Å². The fraction of sp³-hybridized carbons (Fsp3) is 0.484. The van der Waals surface area contributed by atoms with E-state index in [9.17, 15) is 0 Å². The summed E-state index contributed by atoms with van der Waals surface area (Å²) in [7, 11) is 4.35. The van der Waals surface area contributed by atoms with E-state index in [0.717, 1.165) is 11.5 Å². The van der Waals surface area contributed by atoms with Gasteiger partial charge >= 0.3 is 5.82 Å². The maximum atomic E-state index is 5.13. The van der Waals surface area contributed by atoms with Crippen molar-refractivity contribution in [1.82, 2.24) is 0 Å². The molecule has 1 aromatic heterocycles. The Balaban J connectivity index is 1.78. The normalized spacial score (nSPS) is 19.3. The van der Waals surface area contributed by atoms with Crippen LogP contribution in [0.2, 0.25) is 0 Å². The van der Waals surface area contributed by atoms with E-state index in [1.54, 1.807) is 0 Å². The van der Waals surface area contributed by atoms with Crippen molar-refractivity contribution < 1.29 is 4.57 Å². The number of allylic oxidation sites excluding steroid dienone is 4. The number of anilines is 1. The van der Waals surface area contributed by atoms with Gasteiger partial charge in [0, 0.05) is 23.8 Å². The zero-order valence-electron chi connectivity index (χ0n) is 23.6. The van der Waals surface area contributed by atoms with Gasteiger partial charge in [0.2, 0.25) is 0 Å². The molecule has 2 aromatic rings. The third-order valence-electron chi connectivity index (χ3n) is 9.14. The molecule has 3 heteroatoms. The van der Waals surface area contributed by atoms with Crippen LogP contribution in [0.5, 0.6) is 0 Å². The van der Waals surface area contributed by atoms with Gasteiger partial charge in [-0.3, -0.25) is 0 Å². The summed E-state index contributed by atoms with van der Waals surface area (Å²) in [6.45, 7) is 25.1. The Hall–Kier alpha value is -2.68. The van der Waals surface area contributed by atoms with Crippen LogP contribution in [0, 0.1) is 48.5 Å². The summed E-state index contributed by atoms with van der Waals surface area (Å²) in [6, 6.07) is 0. The van der Waals surface area contributed by atoms with Gasteiger partial charge in [-0.05, 0) is 118 Å². The summed E-state index contributed by atoms with van der Waals surface area (Å²) in [4.78, 5) is 7.53. The predicted octanol–water partition coefficient (Wildman–Crippen LogP) is 6.90. The number of benzene rings is 1. The van der Waals surface area contributed by atoms with Crippen molar-refractivity contribution in [3.63, 3.8) is 0 Å².